The Kier molecular flexibility index (Phi) is 3.11. The third-order valence-electron chi connectivity index (χ3n) is 2.88. The van der Waals surface area contributed by atoms with Crippen molar-refractivity contribution in [3.8, 4) is 10.8 Å². The number of ether oxygens (including phenoxy) is 1. The molecule has 0 amide bonds. The monoisotopic (exact) mass is 308 g/mol. The van der Waals surface area contributed by atoms with Crippen molar-refractivity contribution in [1.29, 1.82) is 0 Å². The van der Waals surface area contributed by atoms with Crippen molar-refractivity contribution in [2.75, 3.05) is 7.11 Å². The van der Waals surface area contributed by atoms with Crippen LogP contribution in [0.1, 0.15) is 0 Å². The highest BCUT2D eigenvalue weighted by molar-refractivity contribution is 7.18. The highest BCUT2D eigenvalue weighted by Gasteiger charge is 2.11. The standard InChI is InChI=1S/C13H9ClN2O3S/c1-19-7-2-3-9-8(6-7)12(17)16(13(18)15-9)11-5-4-10(14)20-11/h2-6H,1H3,(H,15,18). The van der Waals surface area contributed by atoms with Crippen LogP contribution in [-0.2, 0) is 0 Å². The number of fused-ring (bicyclic) bond motifs is 1. The van der Waals surface area contributed by atoms with Crippen LogP contribution in [0.3, 0.4) is 0 Å². The number of benzene rings is 1. The van der Waals surface area contributed by atoms with Gasteiger partial charge in [0.2, 0.25) is 0 Å². The van der Waals surface area contributed by atoms with Crippen LogP contribution in [0.5, 0.6) is 5.75 Å². The molecule has 102 valence electrons. The van der Waals surface area contributed by atoms with Crippen LogP contribution in [0, 0.1) is 0 Å². The molecule has 0 saturated carbocycles. The third-order valence-corrected chi connectivity index (χ3v) is 4.10. The summed E-state index contributed by atoms with van der Waals surface area (Å²) in [7, 11) is 1.52. The van der Waals surface area contributed by atoms with E-state index in [1.54, 1.807) is 30.3 Å². The van der Waals surface area contributed by atoms with Crippen LogP contribution in [0.15, 0.2) is 39.9 Å². The van der Waals surface area contributed by atoms with Gasteiger partial charge in [0.1, 0.15) is 10.8 Å². The molecule has 3 rings (SSSR count). The van der Waals surface area contributed by atoms with Crippen molar-refractivity contribution < 1.29 is 4.74 Å². The molecule has 0 aliphatic carbocycles. The number of hydrogen-bond acceptors (Lipinski definition) is 4. The first kappa shape index (κ1) is 13.0. The lowest BCUT2D eigenvalue weighted by Gasteiger charge is -2.05. The zero-order valence-electron chi connectivity index (χ0n) is 10.3. The maximum atomic E-state index is 12.5. The highest BCUT2D eigenvalue weighted by Crippen LogP contribution is 2.23. The van der Waals surface area contributed by atoms with Crippen molar-refractivity contribution in [3.63, 3.8) is 0 Å². The Bertz CT molecular complexity index is 910. The summed E-state index contributed by atoms with van der Waals surface area (Å²) in [6.07, 6.45) is 0. The molecule has 2 heterocycles. The number of H-pyrrole nitrogens is 1. The SMILES string of the molecule is COc1ccc2[nH]c(=O)n(-c3ccc(Cl)s3)c(=O)c2c1. The van der Waals surface area contributed by atoms with Crippen molar-refractivity contribution in [2.45, 2.75) is 0 Å². The molecule has 1 N–H and O–H groups in total. The van der Waals surface area contributed by atoms with E-state index in [9.17, 15) is 9.59 Å². The first-order valence-corrected chi connectivity index (χ1v) is 6.88. The number of aromatic nitrogens is 2. The molecule has 20 heavy (non-hydrogen) atoms. The quantitative estimate of drug-likeness (QED) is 0.790. The first-order chi connectivity index (χ1) is 9.60. The lowest BCUT2D eigenvalue weighted by Crippen LogP contribution is -2.32. The minimum Gasteiger partial charge on any atom is -0.497 e. The van der Waals surface area contributed by atoms with E-state index in [0.29, 0.717) is 26.0 Å². The summed E-state index contributed by atoms with van der Waals surface area (Å²) < 4.78 is 6.68. The van der Waals surface area contributed by atoms with Gasteiger partial charge in [-0.1, -0.05) is 11.6 Å². The van der Waals surface area contributed by atoms with Crippen LogP contribution in [0.4, 0.5) is 0 Å². The molecule has 3 aromatic rings. The van der Waals surface area contributed by atoms with E-state index < -0.39 is 11.2 Å². The van der Waals surface area contributed by atoms with E-state index in [2.05, 4.69) is 4.98 Å². The summed E-state index contributed by atoms with van der Waals surface area (Å²) in [5, 5.41) is 0.861. The fourth-order valence-corrected chi connectivity index (χ4v) is 2.97. The van der Waals surface area contributed by atoms with Crippen LogP contribution < -0.4 is 16.0 Å². The second-order valence-corrected chi connectivity index (χ2v) is 5.75. The van der Waals surface area contributed by atoms with E-state index in [4.69, 9.17) is 16.3 Å². The predicted molar refractivity (Wildman–Crippen MR) is 79.6 cm³/mol. The maximum absolute atomic E-state index is 12.5. The Morgan fingerprint density at radius 2 is 2.05 bits per heavy atom. The van der Waals surface area contributed by atoms with Gasteiger partial charge in [-0.3, -0.25) is 4.79 Å². The van der Waals surface area contributed by atoms with Gasteiger partial charge in [-0.25, -0.2) is 9.36 Å². The maximum Gasteiger partial charge on any atom is 0.334 e. The number of nitrogens with one attached hydrogen (secondary N) is 1. The smallest absolute Gasteiger partial charge is 0.334 e. The van der Waals surface area contributed by atoms with Gasteiger partial charge in [-0.2, -0.15) is 0 Å². The average molecular weight is 309 g/mol. The van der Waals surface area contributed by atoms with Gasteiger partial charge in [0.15, 0.2) is 0 Å². The molecule has 1 aromatic carbocycles. The minimum atomic E-state index is -0.494. The first-order valence-electron chi connectivity index (χ1n) is 5.69. The lowest BCUT2D eigenvalue weighted by molar-refractivity contribution is 0.415. The molecular formula is C13H9ClN2O3S. The van der Waals surface area contributed by atoms with Crippen molar-refractivity contribution in [2.24, 2.45) is 0 Å². The Labute approximate surface area is 122 Å². The molecule has 0 bridgehead atoms. The van der Waals surface area contributed by atoms with Crippen LogP contribution in [-0.4, -0.2) is 16.7 Å². The van der Waals surface area contributed by atoms with Crippen LogP contribution in [0.25, 0.3) is 15.9 Å². The van der Waals surface area contributed by atoms with Gasteiger partial charge in [0.25, 0.3) is 5.56 Å². The summed E-state index contributed by atoms with van der Waals surface area (Å²) >= 11 is 7.02. The molecule has 0 radical (unpaired) electrons. The fourth-order valence-electron chi connectivity index (χ4n) is 1.95. The number of rotatable bonds is 2. The molecule has 0 fully saturated rings. The molecule has 0 spiro atoms. The summed E-state index contributed by atoms with van der Waals surface area (Å²) in [5.41, 5.74) is -0.424. The Balaban J connectivity index is 2.38. The zero-order chi connectivity index (χ0) is 14.3. The molecule has 0 aliphatic heterocycles. The Morgan fingerprint density at radius 1 is 1.25 bits per heavy atom. The summed E-state index contributed by atoms with van der Waals surface area (Å²) in [4.78, 5) is 27.2. The number of hydrogen-bond donors (Lipinski definition) is 1. The van der Waals surface area contributed by atoms with E-state index in [1.165, 1.54) is 7.11 Å². The number of aromatic amines is 1. The fraction of sp³-hybridized carbons (Fsp3) is 0.0769. The Morgan fingerprint density at radius 3 is 2.70 bits per heavy atom. The molecule has 0 unspecified atom stereocenters. The zero-order valence-corrected chi connectivity index (χ0v) is 11.9. The summed E-state index contributed by atoms with van der Waals surface area (Å²) in [6.45, 7) is 0. The summed E-state index contributed by atoms with van der Waals surface area (Å²) in [5.74, 6) is 0.553. The van der Waals surface area contributed by atoms with Crippen molar-refractivity contribution in [3.05, 3.63) is 55.5 Å². The van der Waals surface area contributed by atoms with Crippen LogP contribution in [0.2, 0.25) is 4.34 Å². The van der Waals surface area contributed by atoms with Gasteiger partial charge in [0, 0.05) is 0 Å². The van der Waals surface area contributed by atoms with Gasteiger partial charge >= 0.3 is 5.69 Å². The van der Waals surface area contributed by atoms with Crippen LogP contribution >= 0.6 is 22.9 Å². The molecule has 5 nitrogen and oxygen atoms in total. The third kappa shape index (κ3) is 2.03. The van der Waals surface area contributed by atoms with E-state index in [0.717, 1.165) is 15.9 Å². The number of nitrogens with zero attached hydrogens (tertiary/aromatic N) is 1. The molecule has 0 atom stereocenters. The molecule has 2 aromatic heterocycles. The number of thiophene rings is 1. The molecular weight excluding hydrogens is 300 g/mol. The lowest BCUT2D eigenvalue weighted by atomic mass is 10.2. The second-order valence-electron chi connectivity index (χ2n) is 4.06. The second kappa shape index (κ2) is 4.81. The van der Waals surface area contributed by atoms with Gasteiger partial charge in [0.05, 0.1) is 22.3 Å². The molecule has 7 heteroatoms. The highest BCUT2D eigenvalue weighted by atomic mass is 35.5. The molecule has 0 aliphatic rings. The number of methoxy groups -OCH3 is 1. The largest absolute Gasteiger partial charge is 0.497 e. The number of halogens is 1. The predicted octanol–water partition coefficient (Wildman–Crippen LogP) is 2.40. The minimum absolute atomic E-state index is 0.383. The van der Waals surface area contributed by atoms with Gasteiger partial charge in [-0.05, 0) is 30.3 Å². The normalized spacial score (nSPS) is 10.9. The van der Waals surface area contributed by atoms with E-state index >= 15 is 0 Å². The topological polar surface area (TPSA) is 64.1 Å². The van der Waals surface area contributed by atoms with Crippen molar-refractivity contribution >= 4 is 33.8 Å². The molecule has 0 saturated heterocycles. The summed E-state index contributed by atoms with van der Waals surface area (Å²) in [6, 6.07) is 8.20. The average Bonchev–Trinajstić information content (AvgIpc) is 2.85. The Hall–Kier alpha value is -2.05. The van der Waals surface area contributed by atoms with Crippen molar-refractivity contribution in [1.82, 2.24) is 9.55 Å². The van der Waals surface area contributed by atoms with Gasteiger partial charge in [-0.15, -0.1) is 11.3 Å². The van der Waals surface area contributed by atoms with Gasteiger partial charge < -0.3 is 9.72 Å². The van der Waals surface area contributed by atoms with E-state index in [-0.39, 0.29) is 0 Å². The van der Waals surface area contributed by atoms with E-state index in [1.807, 2.05) is 0 Å².